The third-order valence-corrected chi connectivity index (χ3v) is 8.94. The lowest BCUT2D eigenvalue weighted by atomic mass is 10.0. The van der Waals surface area contributed by atoms with Gasteiger partial charge >= 0.3 is 5.97 Å². The van der Waals surface area contributed by atoms with E-state index in [1.165, 1.54) is 29.8 Å². The van der Waals surface area contributed by atoms with Crippen LogP contribution in [-0.2, 0) is 16.0 Å². The third kappa shape index (κ3) is 6.62. The summed E-state index contributed by atoms with van der Waals surface area (Å²) in [5.41, 5.74) is 1.92. The smallest absolute Gasteiger partial charge is 0.308 e. The molecule has 0 aliphatic rings. The quantitative estimate of drug-likeness (QED) is 0.125. The van der Waals surface area contributed by atoms with Crippen LogP contribution in [0.5, 0.6) is 11.5 Å². The number of rotatable bonds is 12. The number of esters is 1. The summed E-state index contributed by atoms with van der Waals surface area (Å²) < 4.78 is 18.0. The highest BCUT2D eigenvalue weighted by molar-refractivity contribution is 7.21. The van der Waals surface area contributed by atoms with Crippen LogP contribution in [0, 0.1) is 11.8 Å². The average Bonchev–Trinajstić information content (AvgIpc) is 3.54. The fraction of sp³-hybridized carbons (Fsp3) is 0.344. The molecule has 0 aliphatic heterocycles. The number of fused-ring (bicyclic) bond motifs is 2. The Balaban J connectivity index is 1.56. The number of thiophene rings is 2. The molecule has 0 spiro atoms. The van der Waals surface area contributed by atoms with Gasteiger partial charge in [0.05, 0.1) is 37.0 Å². The Kier molecular flexibility index (Phi) is 9.43. The Morgan fingerprint density at radius 1 is 0.775 bits per heavy atom. The molecule has 0 bridgehead atoms. The molecule has 0 unspecified atom stereocenters. The van der Waals surface area contributed by atoms with Gasteiger partial charge in [0.2, 0.25) is 0 Å². The van der Waals surface area contributed by atoms with Crippen molar-refractivity contribution in [3.63, 3.8) is 0 Å². The van der Waals surface area contributed by atoms with Gasteiger partial charge in [-0.2, -0.15) is 0 Å². The molecule has 0 radical (unpaired) electrons. The van der Waals surface area contributed by atoms with Gasteiger partial charge in [0.15, 0.2) is 11.6 Å². The second-order valence-corrected chi connectivity index (χ2v) is 12.4. The minimum atomic E-state index is -0.490. The van der Waals surface area contributed by atoms with E-state index in [9.17, 15) is 14.4 Å². The molecule has 0 aliphatic carbocycles. The molecule has 0 fully saturated rings. The van der Waals surface area contributed by atoms with E-state index in [4.69, 9.17) is 14.2 Å². The molecular formula is C32H34O6S2. The van der Waals surface area contributed by atoms with E-state index in [0.717, 1.165) is 47.7 Å². The topological polar surface area (TPSA) is 78.9 Å². The van der Waals surface area contributed by atoms with E-state index >= 15 is 0 Å². The maximum atomic E-state index is 12.8. The Bertz CT molecular complexity index is 1590. The Morgan fingerprint density at radius 3 is 1.93 bits per heavy atom. The molecule has 0 saturated heterocycles. The van der Waals surface area contributed by atoms with Crippen molar-refractivity contribution in [3.05, 3.63) is 63.4 Å². The zero-order valence-corrected chi connectivity index (χ0v) is 25.3. The second kappa shape index (κ2) is 12.8. The van der Waals surface area contributed by atoms with Crippen LogP contribution in [0.4, 0.5) is 0 Å². The van der Waals surface area contributed by atoms with Crippen LogP contribution in [0.1, 0.15) is 64.1 Å². The lowest BCUT2D eigenvalue weighted by molar-refractivity contribution is -0.144. The molecule has 2 heterocycles. The minimum absolute atomic E-state index is 0.0792. The zero-order chi connectivity index (χ0) is 29.0. The predicted molar refractivity (Wildman–Crippen MR) is 163 cm³/mol. The van der Waals surface area contributed by atoms with Crippen molar-refractivity contribution in [3.8, 4) is 11.5 Å². The number of hydrogen-bond donors (Lipinski definition) is 0. The molecule has 40 heavy (non-hydrogen) atoms. The standard InChI is InChI=1S/C32H34O6S2/c1-18(2)10-24(33)30-14-22-12-20(26(36-4)16-28(22)39-30)8-7-9-21-13-23-15-31(40-29(23)17-27(21)37-5)25(34)11-19(3)32(35)38-6/h7-8,12-19H,9-11H2,1-6H3/b8-7+/t19-/m0/s1. The molecule has 6 nitrogen and oxygen atoms in total. The van der Waals surface area contributed by atoms with E-state index in [0.29, 0.717) is 23.6 Å². The van der Waals surface area contributed by atoms with Crippen LogP contribution in [0.25, 0.3) is 26.2 Å². The summed E-state index contributed by atoms with van der Waals surface area (Å²) in [7, 11) is 4.61. The molecule has 2 aromatic heterocycles. The first-order valence-electron chi connectivity index (χ1n) is 13.2. The number of allylic oxidation sites excluding steroid dienone is 1. The molecule has 4 aromatic rings. The number of carbonyl (C=O) groups excluding carboxylic acids is 3. The van der Waals surface area contributed by atoms with Crippen LogP contribution >= 0.6 is 22.7 Å². The minimum Gasteiger partial charge on any atom is -0.496 e. The summed E-state index contributed by atoms with van der Waals surface area (Å²) in [5, 5.41) is 1.98. The summed E-state index contributed by atoms with van der Waals surface area (Å²) in [6, 6.07) is 11.9. The highest BCUT2D eigenvalue weighted by atomic mass is 32.1. The van der Waals surface area contributed by atoms with E-state index in [1.54, 1.807) is 21.1 Å². The molecule has 210 valence electrons. The number of hydrogen-bond acceptors (Lipinski definition) is 8. The fourth-order valence-corrected chi connectivity index (χ4v) is 6.62. The van der Waals surface area contributed by atoms with E-state index in [1.807, 2.05) is 36.4 Å². The van der Waals surface area contributed by atoms with Gasteiger partial charge in [-0.1, -0.05) is 32.9 Å². The molecule has 2 aromatic carbocycles. The highest BCUT2D eigenvalue weighted by Gasteiger charge is 2.20. The maximum absolute atomic E-state index is 12.8. The van der Waals surface area contributed by atoms with E-state index < -0.39 is 5.92 Å². The lowest BCUT2D eigenvalue weighted by Gasteiger charge is -2.08. The lowest BCUT2D eigenvalue weighted by Crippen LogP contribution is -2.16. The Labute approximate surface area is 242 Å². The molecule has 4 rings (SSSR count). The van der Waals surface area contributed by atoms with Gasteiger partial charge in [-0.05, 0) is 65.1 Å². The monoisotopic (exact) mass is 578 g/mol. The number of ketones is 2. The van der Waals surface area contributed by atoms with Crippen molar-refractivity contribution in [2.45, 2.75) is 40.0 Å². The SMILES string of the molecule is COC(=O)[C@@H](C)CC(=O)c1cc2cc(C/C=C/c3cc4cc(C(=O)CC(C)C)sc4cc3OC)c(OC)cc2s1. The number of methoxy groups -OCH3 is 3. The molecule has 1 atom stereocenters. The summed E-state index contributed by atoms with van der Waals surface area (Å²) in [6.07, 6.45) is 5.33. The average molecular weight is 579 g/mol. The van der Waals surface area contributed by atoms with Crippen molar-refractivity contribution in [2.24, 2.45) is 11.8 Å². The molecule has 8 heteroatoms. The van der Waals surface area contributed by atoms with Gasteiger partial charge in [0.25, 0.3) is 0 Å². The van der Waals surface area contributed by atoms with Gasteiger partial charge in [0, 0.05) is 27.8 Å². The van der Waals surface area contributed by atoms with Gasteiger partial charge in [-0.3, -0.25) is 14.4 Å². The first-order valence-corrected chi connectivity index (χ1v) is 14.8. The Hall–Kier alpha value is -3.49. The van der Waals surface area contributed by atoms with Crippen molar-refractivity contribution < 1.29 is 28.6 Å². The zero-order valence-electron chi connectivity index (χ0n) is 23.7. The number of ether oxygens (including phenoxy) is 3. The summed E-state index contributed by atoms with van der Waals surface area (Å²) in [6.45, 7) is 5.80. The van der Waals surface area contributed by atoms with Crippen molar-refractivity contribution in [2.75, 3.05) is 21.3 Å². The molecular weight excluding hydrogens is 544 g/mol. The van der Waals surface area contributed by atoms with Crippen LogP contribution in [0.15, 0.2) is 42.5 Å². The summed E-state index contributed by atoms with van der Waals surface area (Å²) in [4.78, 5) is 38.5. The van der Waals surface area contributed by atoms with Gasteiger partial charge in [-0.25, -0.2) is 0 Å². The van der Waals surface area contributed by atoms with Crippen LogP contribution in [0.2, 0.25) is 0 Å². The first-order chi connectivity index (χ1) is 19.1. The number of benzene rings is 2. The summed E-state index contributed by atoms with van der Waals surface area (Å²) >= 11 is 2.91. The van der Waals surface area contributed by atoms with Crippen LogP contribution < -0.4 is 9.47 Å². The predicted octanol–water partition coefficient (Wildman–Crippen LogP) is 8.00. The Morgan fingerprint density at radius 2 is 1.35 bits per heavy atom. The molecule has 0 amide bonds. The van der Waals surface area contributed by atoms with E-state index in [-0.39, 0.29) is 24.0 Å². The third-order valence-electron chi connectivity index (χ3n) is 6.66. The summed E-state index contributed by atoms with van der Waals surface area (Å²) in [5.74, 6) is 1.02. The van der Waals surface area contributed by atoms with Gasteiger partial charge in [0.1, 0.15) is 11.5 Å². The maximum Gasteiger partial charge on any atom is 0.308 e. The molecule has 0 N–H and O–H groups in total. The van der Waals surface area contributed by atoms with Crippen molar-refractivity contribution >= 4 is 66.5 Å². The van der Waals surface area contributed by atoms with E-state index in [2.05, 4.69) is 26.0 Å². The largest absolute Gasteiger partial charge is 0.496 e. The number of carbonyl (C=O) groups is 3. The highest BCUT2D eigenvalue weighted by Crippen LogP contribution is 2.35. The fourth-order valence-electron chi connectivity index (χ4n) is 4.58. The van der Waals surface area contributed by atoms with Crippen LogP contribution in [0.3, 0.4) is 0 Å². The van der Waals surface area contributed by atoms with Crippen molar-refractivity contribution in [1.29, 1.82) is 0 Å². The molecule has 0 saturated carbocycles. The van der Waals surface area contributed by atoms with Gasteiger partial charge < -0.3 is 14.2 Å². The second-order valence-electron chi connectivity index (χ2n) is 10.2. The number of Topliss-reactive ketones (excluding diaryl/α,β-unsaturated/α-hetero) is 2. The van der Waals surface area contributed by atoms with Gasteiger partial charge in [-0.15, -0.1) is 22.7 Å². The van der Waals surface area contributed by atoms with Crippen molar-refractivity contribution in [1.82, 2.24) is 0 Å². The first kappa shape index (κ1) is 29.5. The van der Waals surface area contributed by atoms with Crippen LogP contribution in [-0.4, -0.2) is 38.9 Å². The normalized spacial score (nSPS) is 12.4.